The van der Waals surface area contributed by atoms with Gasteiger partial charge in [-0.05, 0) is 54.7 Å². The Labute approximate surface area is 146 Å². The number of carbonyl (C=O) groups excluding carboxylic acids is 1. The highest BCUT2D eigenvalue weighted by molar-refractivity contribution is 6.08. The van der Waals surface area contributed by atoms with Gasteiger partial charge in [-0.3, -0.25) is 9.78 Å². The van der Waals surface area contributed by atoms with E-state index in [0.717, 1.165) is 53.8 Å². The molecule has 1 aliphatic rings. The Balaban J connectivity index is 1.66. The number of anilines is 1. The maximum atomic E-state index is 12.5. The average Bonchev–Trinajstić information content (AvgIpc) is 3.15. The summed E-state index contributed by atoms with van der Waals surface area (Å²) in [5, 5.41) is 3.05. The zero-order valence-electron chi connectivity index (χ0n) is 14.6. The Morgan fingerprint density at radius 3 is 2.56 bits per heavy atom. The van der Waals surface area contributed by atoms with Gasteiger partial charge in [0.05, 0.1) is 16.4 Å². The topological polar surface area (TPSA) is 70.7 Å². The molecule has 0 atom stereocenters. The number of imidazole rings is 1. The summed E-state index contributed by atoms with van der Waals surface area (Å²) >= 11 is 0. The molecule has 5 heteroatoms. The molecule has 0 aliphatic carbocycles. The number of aryl methyl sites for hydroxylation is 2. The van der Waals surface area contributed by atoms with Crippen LogP contribution in [0.5, 0.6) is 0 Å². The van der Waals surface area contributed by atoms with E-state index in [9.17, 15) is 4.79 Å². The Kier molecular flexibility index (Phi) is 3.79. The summed E-state index contributed by atoms with van der Waals surface area (Å²) in [6.07, 6.45) is 7.01. The van der Waals surface area contributed by atoms with Crippen molar-refractivity contribution in [2.24, 2.45) is 0 Å². The monoisotopic (exact) mass is 334 g/mol. The Bertz CT molecular complexity index is 926. The van der Waals surface area contributed by atoms with Crippen LogP contribution >= 0.6 is 0 Å². The molecule has 0 spiro atoms. The molecule has 0 unspecified atom stereocenters. The summed E-state index contributed by atoms with van der Waals surface area (Å²) in [5.74, 6) is 1.08. The molecule has 4 rings (SSSR count). The zero-order chi connectivity index (χ0) is 17.4. The third kappa shape index (κ3) is 2.51. The SMILES string of the molecule is CCC1(CC)C(=O)Nc2cc3nc(CCc4ccncc4)[nH]c3cc21. The Morgan fingerprint density at radius 2 is 1.84 bits per heavy atom. The molecular weight excluding hydrogens is 312 g/mol. The van der Waals surface area contributed by atoms with Gasteiger partial charge in [0.1, 0.15) is 5.82 Å². The molecule has 25 heavy (non-hydrogen) atoms. The van der Waals surface area contributed by atoms with Crippen molar-refractivity contribution in [3.63, 3.8) is 0 Å². The van der Waals surface area contributed by atoms with Crippen LogP contribution in [0, 0.1) is 0 Å². The van der Waals surface area contributed by atoms with Gasteiger partial charge in [-0.1, -0.05) is 13.8 Å². The van der Waals surface area contributed by atoms with E-state index < -0.39 is 5.41 Å². The molecule has 3 aromatic rings. The second-order valence-corrected chi connectivity index (χ2v) is 6.70. The highest BCUT2D eigenvalue weighted by Gasteiger charge is 2.44. The smallest absolute Gasteiger partial charge is 0.235 e. The molecule has 2 N–H and O–H groups in total. The van der Waals surface area contributed by atoms with E-state index in [4.69, 9.17) is 4.98 Å². The number of aromatic nitrogens is 3. The highest BCUT2D eigenvalue weighted by atomic mass is 16.2. The van der Waals surface area contributed by atoms with Gasteiger partial charge < -0.3 is 10.3 Å². The molecular formula is C20H22N4O. The summed E-state index contributed by atoms with van der Waals surface area (Å²) in [5.41, 5.74) is 4.76. The van der Waals surface area contributed by atoms with Gasteiger partial charge in [-0.25, -0.2) is 4.98 Å². The lowest BCUT2D eigenvalue weighted by Crippen LogP contribution is -2.32. The van der Waals surface area contributed by atoms with E-state index in [-0.39, 0.29) is 5.91 Å². The molecule has 0 bridgehead atoms. The minimum absolute atomic E-state index is 0.109. The van der Waals surface area contributed by atoms with Gasteiger partial charge in [0.25, 0.3) is 0 Å². The molecule has 1 amide bonds. The minimum Gasteiger partial charge on any atom is -0.342 e. The number of hydrogen-bond donors (Lipinski definition) is 2. The van der Waals surface area contributed by atoms with Crippen molar-refractivity contribution in [3.05, 3.63) is 53.6 Å². The summed E-state index contributed by atoms with van der Waals surface area (Å²) in [6, 6.07) is 8.17. The second kappa shape index (κ2) is 5.99. The van der Waals surface area contributed by atoms with Gasteiger partial charge in [-0.15, -0.1) is 0 Å². The van der Waals surface area contributed by atoms with E-state index in [2.05, 4.69) is 35.2 Å². The number of hydrogen-bond acceptors (Lipinski definition) is 3. The number of fused-ring (bicyclic) bond motifs is 2. The molecule has 0 saturated carbocycles. The first-order chi connectivity index (χ1) is 12.2. The maximum absolute atomic E-state index is 12.5. The first-order valence-electron chi connectivity index (χ1n) is 8.89. The number of amides is 1. The van der Waals surface area contributed by atoms with Gasteiger partial charge in [0.15, 0.2) is 0 Å². The van der Waals surface area contributed by atoms with Crippen LogP contribution in [0.3, 0.4) is 0 Å². The third-order valence-corrected chi connectivity index (χ3v) is 5.48. The van der Waals surface area contributed by atoms with Crippen LogP contribution in [0.2, 0.25) is 0 Å². The molecule has 1 aliphatic heterocycles. The van der Waals surface area contributed by atoms with Gasteiger partial charge in [-0.2, -0.15) is 0 Å². The van der Waals surface area contributed by atoms with E-state index in [1.54, 1.807) is 0 Å². The number of benzene rings is 1. The van der Waals surface area contributed by atoms with Crippen LogP contribution in [-0.4, -0.2) is 20.9 Å². The summed E-state index contributed by atoms with van der Waals surface area (Å²) < 4.78 is 0. The lowest BCUT2D eigenvalue weighted by Gasteiger charge is -2.23. The van der Waals surface area contributed by atoms with Crippen molar-refractivity contribution in [2.75, 3.05) is 5.32 Å². The minimum atomic E-state index is -0.411. The van der Waals surface area contributed by atoms with E-state index in [1.165, 1.54) is 5.56 Å². The fourth-order valence-corrected chi connectivity index (χ4v) is 3.86. The molecule has 128 valence electrons. The Morgan fingerprint density at radius 1 is 1.08 bits per heavy atom. The molecule has 0 fully saturated rings. The standard InChI is InChI=1S/C20H22N4O/c1-3-20(4-2)14-11-16-17(12-15(14)24-19(20)25)23-18(22-16)6-5-13-7-9-21-10-8-13/h7-12H,3-6H2,1-2H3,(H,22,23)(H,24,25). The third-order valence-electron chi connectivity index (χ3n) is 5.48. The van der Waals surface area contributed by atoms with Crippen molar-refractivity contribution < 1.29 is 4.79 Å². The van der Waals surface area contributed by atoms with Crippen LogP contribution in [0.25, 0.3) is 11.0 Å². The number of rotatable bonds is 5. The van der Waals surface area contributed by atoms with Crippen LogP contribution < -0.4 is 5.32 Å². The number of pyridine rings is 1. The largest absolute Gasteiger partial charge is 0.342 e. The normalized spacial score (nSPS) is 15.4. The van der Waals surface area contributed by atoms with Crippen molar-refractivity contribution in [2.45, 2.75) is 44.9 Å². The van der Waals surface area contributed by atoms with Gasteiger partial charge >= 0.3 is 0 Å². The van der Waals surface area contributed by atoms with E-state index in [0.29, 0.717) is 0 Å². The predicted molar refractivity (Wildman–Crippen MR) is 98.6 cm³/mol. The molecule has 3 heterocycles. The fraction of sp³-hybridized carbons (Fsp3) is 0.350. The van der Waals surface area contributed by atoms with E-state index >= 15 is 0 Å². The van der Waals surface area contributed by atoms with Crippen LogP contribution in [0.4, 0.5) is 5.69 Å². The summed E-state index contributed by atoms with van der Waals surface area (Å²) in [6.45, 7) is 4.16. The van der Waals surface area contributed by atoms with Crippen molar-refractivity contribution >= 4 is 22.6 Å². The van der Waals surface area contributed by atoms with Crippen molar-refractivity contribution in [3.8, 4) is 0 Å². The number of aromatic amines is 1. The van der Waals surface area contributed by atoms with Crippen LogP contribution in [0.15, 0.2) is 36.7 Å². The number of H-pyrrole nitrogens is 1. The fourth-order valence-electron chi connectivity index (χ4n) is 3.86. The molecule has 2 aromatic heterocycles. The molecule has 1 aromatic carbocycles. The number of carbonyl (C=O) groups is 1. The average molecular weight is 334 g/mol. The summed E-state index contributed by atoms with van der Waals surface area (Å²) in [7, 11) is 0. The quantitative estimate of drug-likeness (QED) is 0.746. The summed E-state index contributed by atoms with van der Waals surface area (Å²) in [4.78, 5) is 24.7. The lowest BCUT2D eigenvalue weighted by atomic mass is 9.77. The number of nitrogens with one attached hydrogen (secondary N) is 2. The first kappa shape index (κ1) is 15.8. The van der Waals surface area contributed by atoms with Crippen LogP contribution in [0.1, 0.15) is 43.6 Å². The van der Waals surface area contributed by atoms with Crippen LogP contribution in [-0.2, 0) is 23.1 Å². The highest BCUT2D eigenvalue weighted by Crippen LogP contribution is 2.44. The maximum Gasteiger partial charge on any atom is 0.235 e. The van der Waals surface area contributed by atoms with E-state index in [1.807, 2.05) is 30.6 Å². The second-order valence-electron chi connectivity index (χ2n) is 6.70. The lowest BCUT2D eigenvalue weighted by molar-refractivity contribution is -0.121. The predicted octanol–water partition coefficient (Wildman–Crippen LogP) is 3.75. The zero-order valence-corrected chi connectivity index (χ0v) is 14.6. The van der Waals surface area contributed by atoms with Gasteiger partial charge in [0.2, 0.25) is 5.91 Å². The molecule has 0 radical (unpaired) electrons. The first-order valence-corrected chi connectivity index (χ1v) is 8.89. The van der Waals surface area contributed by atoms with Crippen molar-refractivity contribution in [1.82, 2.24) is 15.0 Å². The Hall–Kier alpha value is -2.69. The molecule has 5 nitrogen and oxygen atoms in total. The van der Waals surface area contributed by atoms with Gasteiger partial charge in [0, 0.05) is 24.5 Å². The van der Waals surface area contributed by atoms with Crippen molar-refractivity contribution in [1.29, 1.82) is 0 Å². The molecule has 0 saturated heterocycles. The number of nitrogens with zero attached hydrogens (tertiary/aromatic N) is 2.